The van der Waals surface area contributed by atoms with Crippen LogP contribution in [0.25, 0.3) is 10.9 Å². The van der Waals surface area contributed by atoms with Gasteiger partial charge in [0, 0.05) is 31.0 Å². The number of rotatable bonds is 6. The monoisotopic (exact) mass is 449 g/mol. The molecule has 0 bridgehead atoms. The first-order valence-corrected chi connectivity index (χ1v) is 11.9. The van der Waals surface area contributed by atoms with Crippen LogP contribution in [0.4, 0.5) is 4.79 Å². The molecule has 0 N–H and O–H groups in total. The van der Waals surface area contributed by atoms with Gasteiger partial charge >= 0.3 is 6.09 Å². The van der Waals surface area contributed by atoms with Crippen LogP contribution >= 0.6 is 0 Å². The molecule has 7 heteroatoms. The normalized spacial score (nSPS) is 20.8. The van der Waals surface area contributed by atoms with Crippen molar-refractivity contribution < 1.29 is 19.0 Å². The summed E-state index contributed by atoms with van der Waals surface area (Å²) in [5, 5.41) is 5.84. The zero-order chi connectivity index (χ0) is 22.6. The number of hydrogen-bond acceptors (Lipinski definition) is 5. The molecular formula is C26H31N3O4. The number of aromatic nitrogens is 2. The Morgan fingerprint density at radius 1 is 1.15 bits per heavy atom. The Morgan fingerprint density at radius 2 is 2.03 bits per heavy atom. The van der Waals surface area contributed by atoms with Crippen molar-refractivity contribution in [3.05, 3.63) is 59.8 Å². The van der Waals surface area contributed by atoms with Gasteiger partial charge in [-0.2, -0.15) is 5.10 Å². The van der Waals surface area contributed by atoms with Crippen LogP contribution in [0.2, 0.25) is 0 Å². The molecule has 33 heavy (non-hydrogen) atoms. The largest absolute Gasteiger partial charge is 0.493 e. The van der Waals surface area contributed by atoms with E-state index in [2.05, 4.69) is 12.1 Å². The first kappa shape index (κ1) is 21.8. The number of nitrogens with zero attached hydrogens (tertiary/aromatic N) is 3. The van der Waals surface area contributed by atoms with Crippen LogP contribution in [0.1, 0.15) is 43.2 Å². The highest BCUT2D eigenvalue weighted by Gasteiger charge is 2.28. The van der Waals surface area contributed by atoms with Gasteiger partial charge in [0.2, 0.25) is 0 Å². The van der Waals surface area contributed by atoms with E-state index in [9.17, 15) is 4.79 Å². The van der Waals surface area contributed by atoms with Crippen molar-refractivity contribution in [2.24, 2.45) is 5.92 Å². The summed E-state index contributed by atoms with van der Waals surface area (Å²) in [6, 6.07) is 15.9. The van der Waals surface area contributed by atoms with E-state index in [-0.39, 0.29) is 12.3 Å². The highest BCUT2D eigenvalue weighted by molar-refractivity contribution is 5.83. The van der Waals surface area contributed by atoms with Crippen LogP contribution in [0.5, 0.6) is 5.75 Å². The third kappa shape index (κ3) is 4.98. The average Bonchev–Trinajstić information content (AvgIpc) is 3.47. The number of ether oxygens (including phenoxy) is 3. The maximum atomic E-state index is 12.4. The number of aryl methyl sites for hydroxylation is 1. The molecule has 2 saturated heterocycles. The predicted molar refractivity (Wildman–Crippen MR) is 125 cm³/mol. The number of benzene rings is 2. The molecule has 2 aliphatic rings. The van der Waals surface area contributed by atoms with Gasteiger partial charge in [-0.3, -0.25) is 0 Å². The third-order valence-corrected chi connectivity index (χ3v) is 6.53. The van der Waals surface area contributed by atoms with E-state index >= 15 is 0 Å². The summed E-state index contributed by atoms with van der Waals surface area (Å²) in [5.41, 5.74) is 3.06. The van der Waals surface area contributed by atoms with Crippen LogP contribution in [0.3, 0.4) is 0 Å². The van der Waals surface area contributed by atoms with Gasteiger partial charge in [0.1, 0.15) is 12.4 Å². The van der Waals surface area contributed by atoms with Crippen LogP contribution < -0.4 is 4.74 Å². The lowest BCUT2D eigenvalue weighted by atomic mass is 10.1. The lowest BCUT2D eigenvalue weighted by Gasteiger charge is -2.23. The summed E-state index contributed by atoms with van der Waals surface area (Å²) in [7, 11) is 0. The Bertz CT molecular complexity index is 1090. The summed E-state index contributed by atoms with van der Waals surface area (Å²) >= 11 is 0. The number of amides is 1. The number of hydrogen-bond donors (Lipinski definition) is 0. The van der Waals surface area contributed by atoms with Crippen molar-refractivity contribution in [3.8, 4) is 5.75 Å². The summed E-state index contributed by atoms with van der Waals surface area (Å²) in [6.45, 7) is 5.06. The van der Waals surface area contributed by atoms with Crippen molar-refractivity contribution in [3.63, 3.8) is 0 Å². The molecule has 2 aliphatic heterocycles. The Balaban J connectivity index is 1.15. The van der Waals surface area contributed by atoms with Crippen molar-refractivity contribution in [2.45, 2.75) is 45.4 Å². The first-order chi connectivity index (χ1) is 16.2. The molecule has 3 aromatic rings. The van der Waals surface area contributed by atoms with Crippen molar-refractivity contribution in [2.75, 3.05) is 26.3 Å². The minimum atomic E-state index is -0.254. The summed E-state index contributed by atoms with van der Waals surface area (Å²) in [6.07, 6.45) is 3.98. The molecule has 0 saturated carbocycles. The molecule has 1 aromatic heterocycles. The zero-order valence-electron chi connectivity index (χ0n) is 19.1. The molecule has 0 spiro atoms. The van der Waals surface area contributed by atoms with Gasteiger partial charge in [-0.1, -0.05) is 30.3 Å². The van der Waals surface area contributed by atoms with Crippen LogP contribution in [0, 0.1) is 12.8 Å². The minimum absolute atomic E-state index is 0.0211. The summed E-state index contributed by atoms with van der Waals surface area (Å²) in [4.78, 5) is 14.2. The minimum Gasteiger partial charge on any atom is -0.493 e. The Morgan fingerprint density at radius 3 is 2.85 bits per heavy atom. The summed E-state index contributed by atoms with van der Waals surface area (Å²) < 4.78 is 19.5. The molecule has 1 amide bonds. The molecule has 0 radical (unpaired) electrons. The van der Waals surface area contributed by atoms with E-state index in [1.54, 1.807) is 4.90 Å². The zero-order valence-corrected chi connectivity index (χ0v) is 19.1. The molecule has 3 heterocycles. The van der Waals surface area contributed by atoms with Gasteiger partial charge in [-0.05, 0) is 56.4 Å². The molecule has 0 aliphatic carbocycles. The second-order valence-electron chi connectivity index (χ2n) is 8.98. The number of likely N-dealkylation sites (tertiary alicyclic amines) is 1. The molecular weight excluding hydrogens is 418 g/mol. The fourth-order valence-corrected chi connectivity index (χ4v) is 4.66. The number of carbonyl (C=O) groups is 1. The number of fused-ring (bicyclic) bond motifs is 1. The number of carbonyl (C=O) groups excluding carboxylic acids is 1. The smallest absolute Gasteiger partial charge is 0.410 e. The van der Waals surface area contributed by atoms with Crippen LogP contribution in [-0.2, 0) is 16.1 Å². The SMILES string of the molecule is Cc1nn(C2CCCCO2)c2ccc(OCC3CCN(C(=O)OCc4ccccc4)C3)cc12. The molecule has 174 valence electrons. The van der Waals surface area contributed by atoms with E-state index in [4.69, 9.17) is 19.3 Å². The average molecular weight is 450 g/mol. The maximum absolute atomic E-state index is 12.4. The lowest BCUT2D eigenvalue weighted by molar-refractivity contribution is -0.0368. The second-order valence-corrected chi connectivity index (χ2v) is 8.98. The Kier molecular flexibility index (Phi) is 6.48. The second kappa shape index (κ2) is 9.83. The van der Waals surface area contributed by atoms with E-state index in [1.165, 1.54) is 6.42 Å². The van der Waals surface area contributed by atoms with Gasteiger partial charge < -0.3 is 19.1 Å². The van der Waals surface area contributed by atoms with Crippen molar-refractivity contribution >= 4 is 17.0 Å². The topological polar surface area (TPSA) is 65.8 Å². The van der Waals surface area contributed by atoms with Gasteiger partial charge in [-0.25, -0.2) is 9.48 Å². The van der Waals surface area contributed by atoms with Gasteiger partial charge in [0.05, 0.1) is 17.8 Å². The van der Waals surface area contributed by atoms with Crippen LogP contribution in [0.15, 0.2) is 48.5 Å². The molecule has 7 nitrogen and oxygen atoms in total. The van der Waals surface area contributed by atoms with E-state index in [0.29, 0.717) is 32.2 Å². The fraction of sp³-hybridized carbons (Fsp3) is 0.462. The van der Waals surface area contributed by atoms with E-state index < -0.39 is 0 Å². The third-order valence-electron chi connectivity index (χ3n) is 6.53. The van der Waals surface area contributed by atoms with Gasteiger partial charge in [0.15, 0.2) is 6.23 Å². The molecule has 2 atom stereocenters. The van der Waals surface area contributed by atoms with Crippen LogP contribution in [-0.4, -0.2) is 47.1 Å². The van der Waals surface area contributed by atoms with E-state index in [1.807, 2.05) is 48.0 Å². The summed E-state index contributed by atoms with van der Waals surface area (Å²) in [5.74, 6) is 1.13. The maximum Gasteiger partial charge on any atom is 0.410 e. The Hall–Kier alpha value is -3.06. The standard InChI is InChI=1S/C26H31N3O4/c1-19-23-15-22(10-11-24(23)29(27-19)25-9-5-6-14-31-25)32-18-21-12-13-28(16-21)26(30)33-17-20-7-3-2-4-8-20/h2-4,7-8,10-11,15,21,25H,5-6,9,12-14,16-18H2,1H3. The highest BCUT2D eigenvalue weighted by Crippen LogP contribution is 2.30. The van der Waals surface area contributed by atoms with Crippen molar-refractivity contribution in [1.29, 1.82) is 0 Å². The quantitative estimate of drug-likeness (QED) is 0.525. The first-order valence-electron chi connectivity index (χ1n) is 11.9. The molecule has 2 unspecified atom stereocenters. The molecule has 2 fully saturated rings. The van der Waals surface area contributed by atoms with Gasteiger partial charge in [-0.15, -0.1) is 0 Å². The van der Waals surface area contributed by atoms with E-state index in [0.717, 1.165) is 53.8 Å². The molecule has 2 aromatic carbocycles. The Labute approximate surface area is 194 Å². The predicted octanol–water partition coefficient (Wildman–Crippen LogP) is 5.08. The lowest BCUT2D eigenvalue weighted by Crippen LogP contribution is -2.30. The fourth-order valence-electron chi connectivity index (χ4n) is 4.66. The van der Waals surface area contributed by atoms with Gasteiger partial charge in [0.25, 0.3) is 0 Å². The molecule has 5 rings (SSSR count). The van der Waals surface area contributed by atoms with Crippen molar-refractivity contribution in [1.82, 2.24) is 14.7 Å². The highest BCUT2D eigenvalue weighted by atomic mass is 16.6.